The van der Waals surface area contributed by atoms with Gasteiger partial charge in [0.2, 0.25) is 0 Å². The van der Waals surface area contributed by atoms with E-state index in [9.17, 15) is 0 Å². The number of hydrazone groups is 1. The Labute approximate surface area is 101 Å². The lowest BCUT2D eigenvalue weighted by atomic mass is 9.90. The highest BCUT2D eigenvalue weighted by atomic mass is 16.5. The van der Waals surface area contributed by atoms with E-state index in [1.807, 2.05) is 0 Å². The Bertz CT molecular complexity index is 482. The minimum Gasteiger partial charge on any atom is -0.497 e. The normalized spacial score (nSPS) is 20.3. The summed E-state index contributed by atoms with van der Waals surface area (Å²) in [6.07, 6.45) is 3.26. The van der Waals surface area contributed by atoms with Crippen LogP contribution in [0.25, 0.3) is 0 Å². The van der Waals surface area contributed by atoms with Gasteiger partial charge in [-0.2, -0.15) is 5.10 Å². The van der Waals surface area contributed by atoms with Gasteiger partial charge in [-0.25, -0.2) is 0 Å². The molecule has 1 aromatic carbocycles. The molecular formula is C13H17N3O. The minimum absolute atomic E-state index is 0.906. The summed E-state index contributed by atoms with van der Waals surface area (Å²) in [5.74, 6) is 6.40. The first kappa shape index (κ1) is 10.4. The van der Waals surface area contributed by atoms with Crippen LogP contribution in [0.4, 0.5) is 5.69 Å². The lowest BCUT2D eigenvalue weighted by Gasteiger charge is -2.37. The molecule has 2 N–H and O–H groups in total. The first-order valence-electron chi connectivity index (χ1n) is 6.06. The molecule has 2 aliphatic heterocycles. The Kier molecular flexibility index (Phi) is 2.42. The molecule has 0 bridgehead atoms. The van der Waals surface area contributed by atoms with E-state index in [4.69, 9.17) is 10.6 Å². The summed E-state index contributed by atoms with van der Waals surface area (Å²) < 4.78 is 5.36. The molecule has 4 heteroatoms. The maximum absolute atomic E-state index is 5.49. The molecular weight excluding hydrogens is 214 g/mol. The average molecular weight is 231 g/mol. The predicted molar refractivity (Wildman–Crippen MR) is 68.9 cm³/mol. The highest BCUT2D eigenvalue weighted by Crippen LogP contribution is 2.38. The third-order valence-electron chi connectivity index (χ3n) is 3.67. The molecule has 0 saturated carbocycles. The predicted octanol–water partition coefficient (Wildman–Crippen LogP) is 1.51. The molecule has 2 aliphatic rings. The second-order valence-electron chi connectivity index (χ2n) is 4.60. The van der Waals surface area contributed by atoms with Gasteiger partial charge in [0.1, 0.15) is 5.75 Å². The molecule has 0 unspecified atom stereocenters. The van der Waals surface area contributed by atoms with Crippen LogP contribution in [0.3, 0.4) is 0 Å². The van der Waals surface area contributed by atoms with Gasteiger partial charge in [-0.3, -0.25) is 0 Å². The lowest BCUT2D eigenvalue weighted by molar-refractivity contribution is 0.413. The number of aryl methyl sites for hydroxylation is 1. The zero-order valence-electron chi connectivity index (χ0n) is 10.1. The van der Waals surface area contributed by atoms with Gasteiger partial charge in [-0.1, -0.05) is 0 Å². The van der Waals surface area contributed by atoms with Crippen molar-refractivity contribution in [3.05, 3.63) is 23.3 Å². The molecule has 17 heavy (non-hydrogen) atoms. The van der Waals surface area contributed by atoms with Crippen molar-refractivity contribution in [1.82, 2.24) is 0 Å². The van der Waals surface area contributed by atoms with Crippen LogP contribution in [-0.4, -0.2) is 25.9 Å². The quantitative estimate of drug-likeness (QED) is 0.589. The average Bonchev–Trinajstić information content (AvgIpc) is 2.39. The molecule has 0 spiro atoms. The van der Waals surface area contributed by atoms with Crippen molar-refractivity contribution >= 4 is 11.4 Å². The lowest BCUT2D eigenvalue weighted by Crippen LogP contribution is -2.37. The maximum Gasteiger partial charge on any atom is 0.119 e. The first-order chi connectivity index (χ1) is 8.33. The van der Waals surface area contributed by atoms with E-state index in [0.29, 0.717) is 0 Å². The number of benzene rings is 1. The largest absolute Gasteiger partial charge is 0.497 e. The minimum atomic E-state index is 0.906. The van der Waals surface area contributed by atoms with Gasteiger partial charge in [0.15, 0.2) is 0 Å². The van der Waals surface area contributed by atoms with E-state index in [2.05, 4.69) is 22.1 Å². The zero-order valence-corrected chi connectivity index (χ0v) is 10.1. The van der Waals surface area contributed by atoms with Crippen molar-refractivity contribution in [3.63, 3.8) is 0 Å². The van der Waals surface area contributed by atoms with Crippen LogP contribution in [-0.2, 0) is 6.42 Å². The Balaban J connectivity index is 2.22. The van der Waals surface area contributed by atoms with Crippen molar-refractivity contribution in [3.8, 4) is 5.75 Å². The zero-order chi connectivity index (χ0) is 11.8. The number of hydrogen-bond acceptors (Lipinski definition) is 4. The van der Waals surface area contributed by atoms with Crippen LogP contribution in [0.1, 0.15) is 24.0 Å². The second kappa shape index (κ2) is 3.95. The monoisotopic (exact) mass is 231 g/mol. The van der Waals surface area contributed by atoms with Crippen LogP contribution in [0.5, 0.6) is 5.75 Å². The number of methoxy groups -OCH3 is 1. The van der Waals surface area contributed by atoms with Crippen molar-refractivity contribution in [1.29, 1.82) is 0 Å². The third kappa shape index (κ3) is 1.55. The fourth-order valence-corrected chi connectivity index (χ4v) is 2.87. The molecule has 90 valence electrons. The molecule has 3 rings (SSSR count). The Morgan fingerprint density at radius 1 is 1.29 bits per heavy atom. The van der Waals surface area contributed by atoms with Crippen LogP contribution in [0.15, 0.2) is 17.2 Å². The van der Waals surface area contributed by atoms with Crippen LogP contribution < -0.4 is 15.5 Å². The van der Waals surface area contributed by atoms with Crippen molar-refractivity contribution in [2.45, 2.75) is 19.3 Å². The smallest absolute Gasteiger partial charge is 0.119 e. The van der Waals surface area contributed by atoms with E-state index in [-0.39, 0.29) is 0 Å². The summed E-state index contributed by atoms with van der Waals surface area (Å²) in [5, 5.41) is 3.93. The van der Waals surface area contributed by atoms with Gasteiger partial charge in [-0.15, -0.1) is 0 Å². The number of ether oxygens (including phenoxy) is 1. The highest BCUT2D eigenvalue weighted by molar-refractivity contribution is 6.08. The van der Waals surface area contributed by atoms with Crippen molar-refractivity contribution in [2.24, 2.45) is 10.9 Å². The SMILES string of the molecule is COc1cc2c3c(c1)C(=NN)CCN3CCC2. The Morgan fingerprint density at radius 3 is 2.94 bits per heavy atom. The Hall–Kier alpha value is -1.71. The molecule has 0 atom stereocenters. The number of hydrogen-bond donors (Lipinski definition) is 1. The fraction of sp³-hybridized carbons (Fsp3) is 0.462. The van der Waals surface area contributed by atoms with Crippen molar-refractivity contribution in [2.75, 3.05) is 25.1 Å². The molecule has 0 amide bonds. The fourth-order valence-electron chi connectivity index (χ4n) is 2.87. The summed E-state index contributed by atoms with van der Waals surface area (Å²) in [5.41, 5.74) is 4.85. The summed E-state index contributed by atoms with van der Waals surface area (Å²) in [7, 11) is 1.71. The summed E-state index contributed by atoms with van der Waals surface area (Å²) in [6.45, 7) is 2.17. The van der Waals surface area contributed by atoms with Crippen molar-refractivity contribution < 1.29 is 4.74 Å². The molecule has 0 aliphatic carbocycles. The molecule has 0 aromatic heterocycles. The maximum atomic E-state index is 5.49. The molecule has 1 aromatic rings. The van der Waals surface area contributed by atoms with E-state index in [0.717, 1.165) is 43.0 Å². The van der Waals surface area contributed by atoms with E-state index in [1.54, 1.807) is 7.11 Å². The summed E-state index contributed by atoms with van der Waals surface area (Å²) in [6, 6.07) is 4.20. The molecule has 4 nitrogen and oxygen atoms in total. The first-order valence-corrected chi connectivity index (χ1v) is 6.06. The number of nitrogens with two attached hydrogens (primary N) is 1. The summed E-state index contributed by atoms with van der Waals surface area (Å²) >= 11 is 0. The van der Waals surface area contributed by atoms with E-state index in [1.165, 1.54) is 17.7 Å². The second-order valence-corrected chi connectivity index (χ2v) is 4.60. The standard InChI is InChI=1S/C13H17N3O/c1-17-10-7-9-3-2-5-16-6-4-12(15-14)11(8-10)13(9)16/h7-8H,2-6,14H2,1H3. The molecule has 2 heterocycles. The summed E-state index contributed by atoms with van der Waals surface area (Å²) in [4.78, 5) is 2.45. The number of anilines is 1. The highest BCUT2D eigenvalue weighted by Gasteiger charge is 2.27. The van der Waals surface area contributed by atoms with Crippen LogP contribution in [0.2, 0.25) is 0 Å². The van der Waals surface area contributed by atoms with E-state index >= 15 is 0 Å². The Morgan fingerprint density at radius 2 is 2.18 bits per heavy atom. The van der Waals surface area contributed by atoms with Gasteiger partial charge in [0, 0.05) is 30.8 Å². The van der Waals surface area contributed by atoms with Gasteiger partial charge in [-0.05, 0) is 30.5 Å². The van der Waals surface area contributed by atoms with Gasteiger partial charge >= 0.3 is 0 Å². The molecule has 0 saturated heterocycles. The van der Waals surface area contributed by atoms with Crippen LogP contribution >= 0.6 is 0 Å². The van der Waals surface area contributed by atoms with E-state index < -0.39 is 0 Å². The number of rotatable bonds is 1. The third-order valence-corrected chi connectivity index (χ3v) is 3.67. The van der Waals surface area contributed by atoms with Crippen LogP contribution in [0, 0.1) is 0 Å². The topological polar surface area (TPSA) is 50.9 Å². The van der Waals surface area contributed by atoms with Gasteiger partial charge in [0.25, 0.3) is 0 Å². The number of nitrogens with zero attached hydrogens (tertiary/aromatic N) is 2. The van der Waals surface area contributed by atoms with Gasteiger partial charge < -0.3 is 15.5 Å². The van der Waals surface area contributed by atoms with Gasteiger partial charge in [0.05, 0.1) is 12.8 Å². The molecule has 0 fully saturated rings. The molecule has 0 radical (unpaired) electrons.